The molecule has 0 saturated heterocycles. The maximum atomic E-state index is 5.75. The summed E-state index contributed by atoms with van der Waals surface area (Å²) in [6.45, 7) is 3.19. The molecular weight excluding hydrogens is 184 g/mol. The van der Waals surface area contributed by atoms with Crippen LogP contribution in [0.5, 0.6) is 0 Å². The van der Waals surface area contributed by atoms with E-state index in [1.807, 2.05) is 0 Å². The molecule has 0 unspecified atom stereocenters. The molecule has 0 bridgehead atoms. The van der Waals surface area contributed by atoms with E-state index in [4.69, 9.17) is 5.73 Å². The highest BCUT2D eigenvalue weighted by molar-refractivity contribution is 5.26. The van der Waals surface area contributed by atoms with Gasteiger partial charge in [0.1, 0.15) is 0 Å². The zero-order chi connectivity index (χ0) is 10.7. The van der Waals surface area contributed by atoms with Gasteiger partial charge in [-0.15, -0.1) is 0 Å². The average molecular weight is 204 g/mol. The Balaban J connectivity index is 1.87. The number of nitrogens with two attached hydrogens (primary N) is 1. The van der Waals surface area contributed by atoms with Gasteiger partial charge in [-0.2, -0.15) is 0 Å². The maximum Gasteiger partial charge on any atom is 0.0210 e. The lowest BCUT2D eigenvalue weighted by atomic mass is 9.87. The van der Waals surface area contributed by atoms with Crippen molar-refractivity contribution in [1.82, 2.24) is 5.32 Å². The van der Waals surface area contributed by atoms with Crippen molar-refractivity contribution < 1.29 is 0 Å². The van der Waals surface area contributed by atoms with Crippen molar-refractivity contribution in [1.29, 1.82) is 0 Å². The summed E-state index contributed by atoms with van der Waals surface area (Å²) < 4.78 is 0. The zero-order valence-corrected chi connectivity index (χ0v) is 9.37. The van der Waals surface area contributed by atoms with Gasteiger partial charge in [-0.3, -0.25) is 0 Å². The molecule has 0 radical (unpaired) electrons. The minimum Gasteiger partial charge on any atom is -0.328 e. The Morgan fingerprint density at radius 3 is 2.53 bits per heavy atom. The molecule has 1 aliphatic carbocycles. The van der Waals surface area contributed by atoms with Crippen molar-refractivity contribution in [2.45, 2.75) is 44.8 Å². The Kier molecular flexibility index (Phi) is 3.39. The SMILES string of the molecule is CCc1ccccc1CNC1CC(N)C1. The Bertz CT molecular complexity index is 316. The zero-order valence-electron chi connectivity index (χ0n) is 9.37. The van der Waals surface area contributed by atoms with Gasteiger partial charge < -0.3 is 11.1 Å². The molecule has 0 atom stereocenters. The molecule has 0 aromatic heterocycles. The normalized spacial score (nSPS) is 24.9. The Morgan fingerprint density at radius 2 is 1.93 bits per heavy atom. The third-order valence-electron chi connectivity index (χ3n) is 3.26. The van der Waals surface area contributed by atoms with Gasteiger partial charge in [-0.1, -0.05) is 31.2 Å². The van der Waals surface area contributed by atoms with Crippen LogP contribution in [0, 0.1) is 0 Å². The Morgan fingerprint density at radius 1 is 1.27 bits per heavy atom. The van der Waals surface area contributed by atoms with Crippen LogP contribution < -0.4 is 11.1 Å². The first kappa shape index (κ1) is 10.7. The van der Waals surface area contributed by atoms with Crippen molar-refractivity contribution in [3.05, 3.63) is 35.4 Å². The smallest absolute Gasteiger partial charge is 0.0210 e. The number of aryl methyl sites for hydroxylation is 1. The summed E-state index contributed by atoms with van der Waals surface area (Å²) in [4.78, 5) is 0. The monoisotopic (exact) mass is 204 g/mol. The quantitative estimate of drug-likeness (QED) is 0.785. The molecule has 1 fully saturated rings. The van der Waals surface area contributed by atoms with E-state index in [-0.39, 0.29) is 0 Å². The van der Waals surface area contributed by atoms with Crippen molar-refractivity contribution in [3.8, 4) is 0 Å². The van der Waals surface area contributed by atoms with E-state index >= 15 is 0 Å². The molecule has 0 spiro atoms. The van der Waals surface area contributed by atoms with E-state index in [9.17, 15) is 0 Å². The Labute approximate surface area is 91.9 Å². The van der Waals surface area contributed by atoms with Gasteiger partial charge in [0.05, 0.1) is 0 Å². The van der Waals surface area contributed by atoms with Gasteiger partial charge in [-0.25, -0.2) is 0 Å². The van der Waals surface area contributed by atoms with Gasteiger partial charge in [0.2, 0.25) is 0 Å². The first-order chi connectivity index (χ1) is 7.29. The fraction of sp³-hybridized carbons (Fsp3) is 0.538. The minimum atomic E-state index is 0.434. The first-order valence-electron chi connectivity index (χ1n) is 5.85. The second kappa shape index (κ2) is 4.77. The van der Waals surface area contributed by atoms with Crippen LogP contribution in [0.3, 0.4) is 0 Å². The molecule has 2 rings (SSSR count). The maximum absolute atomic E-state index is 5.75. The minimum absolute atomic E-state index is 0.434. The van der Waals surface area contributed by atoms with Crippen LogP contribution >= 0.6 is 0 Å². The number of nitrogens with one attached hydrogen (secondary N) is 1. The summed E-state index contributed by atoms with van der Waals surface area (Å²) in [6, 6.07) is 9.73. The Hall–Kier alpha value is -0.860. The molecule has 3 N–H and O–H groups in total. The number of hydrogen-bond acceptors (Lipinski definition) is 2. The second-order valence-electron chi connectivity index (χ2n) is 4.43. The molecule has 0 aliphatic heterocycles. The predicted octanol–water partition coefficient (Wildman–Crippen LogP) is 1.83. The predicted molar refractivity (Wildman–Crippen MR) is 63.7 cm³/mol. The largest absolute Gasteiger partial charge is 0.328 e. The van der Waals surface area contributed by atoms with Crippen LogP contribution in [-0.2, 0) is 13.0 Å². The molecule has 2 nitrogen and oxygen atoms in total. The summed E-state index contributed by atoms with van der Waals surface area (Å²) in [7, 11) is 0. The van der Waals surface area contributed by atoms with E-state index < -0.39 is 0 Å². The lowest BCUT2D eigenvalue weighted by Gasteiger charge is -2.33. The summed E-state index contributed by atoms with van der Waals surface area (Å²) >= 11 is 0. The van der Waals surface area contributed by atoms with Crippen LogP contribution in [0.2, 0.25) is 0 Å². The van der Waals surface area contributed by atoms with Gasteiger partial charge >= 0.3 is 0 Å². The lowest BCUT2D eigenvalue weighted by molar-refractivity contribution is 0.290. The first-order valence-corrected chi connectivity index (χ1v) is 5.85. The highest BCUT2D eigenvalue weighted by Crippen LogP contribution is 2.18. The summed E-state index contributed by atoms with van der Waals surface area (Å²) in [5, 5.41) is 3.56. The molecule has 0 heterocycles. The molecule has 15 heavy (non-hydrogen) atoms. The summed E-state index contributed by atoms with van der Waals surface area (Å²) in [5.74, 6) is 0. The standard InChI is InChI=1S/C13H20N2/c1-2-10-5-3-4-6-11(10)9-15-13-7-12(14)8-13/h3-6,12-13,15H,2,7-9,14H2,1H3. The fourth-order valence-electron chi connectivity index (χ4n) is 2.16. The van der Waals surface area contributed by atoms with Crippen LogP contribution in [0.25, 0.3) is 0 Å². The molecule has 82 valence electrons. The van der Waals surface area contributed by atoms with E-state index in [1.54, 1.807) is 0 Å². The molecule has 1 aliphatic rings. The fourth-order valence-corrected chi connectivity index (χ4v) is 2.16. The molecule has 1 saturated carbocycles. The van der Waals surface area contributed by atoms with E-state index in [2.05, 4.69) is 36.5 Å². The molecule has 1 aromatic carbocycles. The second-order valence-corrected chi connectivity index (χ2v) is 4.43. The lowest BCUT2D eigenvalue weighted by Crippen LogP contribution is -2.48. The summed E-state index contributed by atoms with van der Waals surface area (Å²) in [5.41, 5.74) is 8.64. The number of benzene rings is 1. The van der Waals surface area contributed by atoms with Crippen molar-refractivity contribution >= 4 is 0 Å². The van der Waals surface area contributed by atoms with Crippen LogP contribution in [0.15, 0.2) is 24.3 Å². The van der Waals surface area contributed by atoms with Gasteiger partial charge in [0.15, 0.2) is 0 Å². The molecule has 2 heteroatoms. The van der Waals surface area contributed by atoms with Crippen LogP contribution in [0.1, 0.15) is 30.9 Å². The average Bonchev–Trinajstić information content (AvgIpc) is 2.23. The van der Waals surface area contributed by atoms with Crippen molar-refractivity contribution in [3.63, 3.8) is 0 Å². The summed E-state index contributed by atoms with van der Waals surface area (Å²) in [6.07, 6.45) is 3.38. The van der Waals surface area contributed by atoms with Gasteiger partial charge in [0, 0.05) is 18.6 Å². The molecule has 0 amide bonds. The van der Waals surface area contributed by atoms with Crippen LogP contribution in [-0.4, -0.2) is 12.1 Å². The topological polar surface area (TPSA) is 38.0 Å². The van der Waals surface area contributed by atoms with Crippen molar-refractivity contribution in [2.24, 2.45) is 5.73 Å². The number of rotatable bonds is 4. The van der Waals surface area contributed by atoms with Gasteiger partial charge in [-0.05, 0) is 30.4 Å². The molecule has 1 aromatic rings. The van der Waals surface area contributed by atoms with Crippen LogP contribution in [0.4, 0.5) is 0 Å². The highest BCUT2D eigenvalue weighted by atomic mass is 14.9. The third kappa shape index (κ3) is 2.58. The van der Waals surface area contributed by atoms with Crippen molar-refractivity contribution in [2.75, 3.05) is 0 Å². The third-order valence-corrected chi connectivity index (χ3v) is 3.26. The number of hydrogen-bond donors (Lipinski definition) is 2. The van der Waals surface area contributed by atoms with E-state index in [0.717, 1.165) is 25.8 Å². The highest BCUT2D eigenvalue weighted by Gasteiger charge is 2.24. The van der Waals surface area contributed by atoms with E-state index in [1.165, 1.54) is 11.1 Å². The van der Waals surface area contributed by atoms with E-state index in [0.29, 0.717) is 12.1 Å². The van der Waals surface area contributed by atoms with Gasteiger partial charge in [0.25, 0.3) is 0 Å². The molecular formula is C13H20N2.